The van der Waals surface area contributed by atoms with Gasteiger partial charge in [0.15, 0.2) is 0 Å². The maximum atomic E-state index is 6.79. The van der Waals surface area contributed by atoms with Crippen LogP contribution in [-0.4, -0.2) is 0 Å². The van der Waals surface area contributed by atoms with Crippen molar-refractivity contribution in [2.75, 3.05) is 0 Å². The Balaban J connectivity index is 2.49. The maximum absolute atomic E-state index is 6.79. The second-order valence-corrected chi connectivity index (χ2v) is 8.30. The van der Waals surface area contributed by atoms with Crippen molar-refractivity contribution in [2.45, 2.75) is 41.5 Å². The lowest BCUT2D eigenvalue weighted by Crippen LogP contribution is -2.12. The third-order valence-electron chi connectivity index (χ3n) is 4.28. The minimum Gasteiger partial charge on any atom is -0.0859 e. The first-order valence-electron chi connectivity index (χ1n) is 6.93. The summed E-state index contributed by atoms with van der Waals surface area (Å²) in [5.41, 5.74) is 8.04. The van der Waals surface area contributed by atoms with Crippen molar-refractivity contribution in [1.82, 2.24) is 0 Å². The van der Waals surface area contributed by atoms with Gasteiger partial charge in [-0.2, -0.15) is 0 Å². The molecule has 0 aliphatic heterocycles. The number of rotatable bonds is 2. The third-order valence-corrected chi connectivity index (χ3v) is 6.87. The minimum absolute atomic E-state index is 0.788. The fourth-order valence-corrected chi connectivity index (χ4v) is 4.51. The summed E-state index contributed by atoms with van der Waals surface area (Å²) in [6.07, 6.45) is 0. The van der Waals surface area contributed by atoms with Gasteiger partial charge >= 0.3 is 0 Å². The lowest BCUT2D eigenvalue weighted by atomic mass is 10.1. The molecule has 20 heavy (non-hydrogen) atoms. The molecule has 0 unspecified atom stereocenters. The van der Waals surface area contributed by atoms with Crippen LogP contribution in [0.15, 0.2) is 24.3 Å². The number of halogens is 1. The normalized spacial score (nSPS) is 11.2. The SMILES string of the molecule is Cc1cc(P(Cl)c2cc(C)c(C)c(C)c2)cc(C)c1C. The van der Waals surface area contributed by atoms with Gasteiger partial charge in [0.25, 0.3) is 0 Å². The summed E-state index contributed by atoms with van der Waals surface area (Å²) in [7, 11) is -0.788. The Morgan fingerprint density at radius 2 is 0.850 bits per heavy atom. The van der Waals surface area contributed by atoms with E-state index in [0.29, 0.717) is 0 Å². The highest BCUT2D eigenvalue weighted by Gasteiger charge is 2.14. The first kappa shape index (κ1) is 15.5. The molecule has 0 saturated heterocycles. The van der Waals surface area contributed by atoms with Crippen LogP contribution in [0, 0.1) is 41.5 Å². The Morgan fingerprint density at radius 1 is 0.600 bits per heavy atom. The van der Waals surface area contributed by atoms with Gasteiger partial charge in [0.2, 0.25) is 0 Å². The summed E-state index contributed by atoms with van der Waals surface area (Å²) < 4.78 is 0. The third kappa shape index (κ3) is 2.92. The molecule has 0 aliphatic carbocycles. The molecule has 2 aromatic rings. The Bertz CT molecular complexity index is 555. The van der Waals surface area contributed by atoms with Crippen LogP contribution in [0.5, 0.6) is 0 Å². The molecule has 0 heterocycles. The zero-order chi connectivity index (χ0) is 15.0. The maximum Gasteiger partial charge on any atom is 0.0524 e. The predicted octanol–water partition coefficient (Wildman–Crippen LogP) is 5.12. The number of hydrogen-bond acceptors (Lipinski definition) is 0. The van der Waals surface area contributed by atoms with Crippen LogP contribution in [0.1, 0.15) is 33.4 Å². The Labute approximate surface area is 128 Å². The molecule has 0 radical (unpaired) electrons. The zero-order valence-electron chi connectivity index (χ0n) is 13.1. The van der Waals surface area contributed by atoms with Gasteiger partial charge in [0, 0.05) is 0 Å². The molecule has 0 atom stereocenters. The molecule has 2 aromatic carbocycles. The molecule has 0 bridgehead atoms. The van der Waals surface area contributed by atoms with Gasteiger partial charge in [-0.25, -0.2) is 0 Å². The first-order valence-corrected chi connectivity index (χ1v) is 9.17. The highest BCUT2D eigenvalue weighted by Crippen LogP contribution is 2.40. The number of benzene rings is 2. The van der Waals surface area contributed by atoms with Crippen molar-refractivity contribution >= 4 is 29.1 Å². The topological polar surface area (TPSA) is 0 Å². The first-order chi connectivity index (χ1) is 9.31. The van der Waals surface area contributed by atoms with E-state index in [1.165, 1.54) is 44.0 Å². The van der Waals surface area contributed by atoms with Gasteiger partial charge in [-0.15, -0.1) is 0 Å². The number of aryl methyl sites for hydroxylation is 4. The zero-order valence-corrected chi connectivity index (χ0v) is 14.8. The summed E-state index contributed by atoms with van der Waals surface area (Å²) in [5.74, 6) is 0. The lowest BCUT2D eigenvalue weighted by Gasteiger charge is -2.16. The largest absolute Gasteiger partial charge is 0.0859 e. The van der Waals surface area contributed by atoms with Crippen LogP contribution in [0.25, 0.3) is 0 Å². The molecule has 0 aromatic heterocycles. The molecule has 106 valence electrons. The lowest BCUT2D eigenvalue weighted by molar-refractivity contribution is 1.28. The van der Waals surface area contributed by atoms with Crippen LogP contribution in [0.3, 0.4) is 0 Å². The van der Waals surface area contributed by atoms with E-state index in [2.05, 4.69) is 65.8 Å². The standard InChI is InChI=1S/C18H22ClP/c1-11-7-17(8-12(2)15(11)5)20(19)18-9-13(3)16(6)14(4)10-18/h7-10H,1-6H3. The predicted molar refractivity (Wildman–Crippen MR) is 93.3 cm³/mol. The Morgan fingerprint density at radius 3 is 1.10 bits per heavy atom. The molecule has 0 nitrogen and oxygen atoms in total. The molecular weight excluding hydrogens is 283 g/mol. The van der Waals surface area contributed by atoms with Gasteiger partial charge in [-0.1, -0.05) is 11.2 Å². The molecule has 2 heteroatoms. The summed E-state index contributed by atoms with van der Waals surface area (Å²) in [6, 6.07) is 8.97. The van der Waals surface area contributed by atoms with E-state index in [9.17, 15) is 0 Å². The Kier molecular flexibility index (Phi) is 4.57. The highest BCUT2D eigenvalue weighted by atomic mass is 35.7. The van der Waals surface area contributed by atoms with E-state index in [4.69, 9.17) is 11.2 Å². The molecule has 0 N–H and O–H groups in total. The number of hydrogen-bond donors (Lipinski definition) is 0. The molecule has 2 rings (SSSR count). The van der Waals surface area contributed by atoms with E-state index in [0.717, 1.165) is 0 Å². The summed E-state index contributed by atoms with van der Waals surface area (Å²) >= 11 is 6.79. The fourth-order valence-electron chi connectivity index (χ4n) is 2.40. The quantitative estimate of drug-likeness (QED) is 0.675. The average Bonchev–Trinajstić information content (AvgIpc) is 2.40. The van der Waals surface area contributed by atoms with E-state index in [-0.39, 0.29) is 0 Å². The van der Waals surface area contributed by atoms with Gasteiger partial charge in [-0.3, -0.25) is 0 Å². The van der Waals surface area contributed by atoms with E-state index in [1.807, 2.05) is 0 Å². The second kappa shape index (κ2) is 5.88. The molecule has 0 spiro atoms. The van der Waals surface area contributed by atoms with Crippen molar-refractivity contribution < 1.29 is 0 Å². The van der Waals surface area contributed by atoms with Crippen LogP contribution in [0.2, 0.25) is 0 Å². The van der Waals surface area contributed by atoms with Crippen LogP contribution in [0.4, 0.5) is 0 Å². The molecule has 0 aliphatic rings. The van der Waals surface area contributed by atoms with Gasteiger partial charge in [-0.05, 0) is 110 Å². The van der Waals surface area contributed by atoms with Crippen molar-refractivity contribution in [2.24, 2.45) is 0 Å². The van der Waals surface area contributed by atoms with Crippen LogP contribution >= 0.6 is 18.5 Å². The van der Waals surface area contributed by atoms with Gasteiger partial charge in [0.1, 0.15) is 0 Å². The van der Waals surface area contributed by atoms with Crippen molar-refractivity contribution in [3.05, 3.63) is 57.6 Å². The summed E-state index contributed by atoms with van der Waals surface area (Å²) in [5, 5.41) is 2.51. The average molecular weight is 305 g/mol. The second-order valence-electron chi connectivity index (χ2n) is 5.69. The Hall–Kier alpha value is -0.840. The van der Waals surface area contributed by atoms with Crippen molar-refractivity contribution in [3.63, 3.8) is 0 Å². The summed E-state index contributed by atoms with van der Waals surface area (Å²) in [6.45, 7) is 13.0. The van der Waals surface area contributed by atoms with Crippen molar-refractivity contribution in [3.8, 4) is 0 Å². The van der Waals surface area contributed by atoms with Crippen LogP contribution < -0.4 is 10.6 Å². The van der Waals surface area contributed by atoms with E-state index >= 15 is 0 Å². The van der Waals surface area contributed by atoms with Crippen molar-refractivity contribution in [1.29, 1.82) is 0 Å². The molecule has 0 fully saturated rings. The van der Waals surface area contributed by atoms with Gasteiger partial charge < -0.3 is 0 Å². The molecule has 0 saturated carbocycles. The molecule has 0 amide bonds. The smallest absolute Gasteiger partial charge is 0.0524 e. The van der Waals surface area contributed by atoms with E-state index in [1.54, 1.807) is 0 Å². The molecular formula is C18H22ClP. The minimum atomic E-state index is -0.788. The highest BCUT2D eigenvalue weighted by molar-refractivity contribution is 7.95. The van der Waals surface area contributed by atoms with Crippen LogP contribution in [-0.2, 0) is 0 Å². The fraction of sp³-hybridized carbons (Fsp3) is 0.333. The summed E-state index contributed by atoms with van der Waals surface area (Å²) in [4.78, 5) is 0. The monoisotopic (exact) mass is 304 g/mol. The van der Waals surface area contributed by atoms with Gasteiger partial charge in [0.05, 0.1) is 7.27 Å². The van der Waals surface area contributed by atoms with E-state index < -0.39 is 7.27 Å².